The van der Waals surface area contributed by atoms with E-state index in [1.54, 1.807) is 18.4 Å². The molecule has 0 saturated carbocycles. The van der Waals surface area contributed by atoms with E-state index in [-0.39, 0.29) is 4.90 Å². The van der Waals surface area contributed by atoms with Gasteiger partial charge < -0.3 is 4.42 Å². The van der Waals surface area contributed by atoms with E-state index in [4.69, 9.17) is 4.42 Å². The molecule has 1 aromatic carbocycles. The molecule has 0 amide bonds. The van der Waals surface area contributed by atoms with Gasteiger partial charge in [0.05, 0.1) is 10.7 Å². The van der Waals surface area contributed by atoms with E-state index in [1.165, 1.54) is 27.8 Å². The molecule has 0 saturated heterocycles. The van der Waals surface area contributed by atoms with Crippen LogP contribution in [0.5, 0.6) is 0 Å². The van der Waals surface area contributed by atoms with Gasteiger partial charge in [-0.25, -0.2) is 18.4 Å². The molecule has 0 aliphatic rings. The van der Waals surface area contributed by atoms with Crippen molar-refractivity contribution in [2.24, 2.45) is 0 Å². The first kappa shape index (κ1) is 20.6. The summed E-state index contributed by atoms with van der Waals surface area (Å²) in [4.78, 5) is 9.01. The second-order valence-corrected chi connectivity index (χ2v) is 9.15. The van der Waals surface area contributed by atoms with Gasteiger partial charge in [-0.15, -0.1) is 0 Å². The molecule has 2 aromatic heterocycles. The van der Waals surface area contributed by atoms with E-state index in [0.29, 0.717) is 24.7 Å². The standard InChI is InChI=1S/C20H23N3O3S2/c1-4-23(5-2)28(24,25)18-10-11-19(21-12-18)27-14-17-13-26-20(22-17)16-8-6-15(3)7-9-16/h6-13H,4-5,14H2,1-3H3. The molecule has 148 valence electrons. The first-order valence-corrected chi connectivity index (χ1v) is 11.5. The minimum atomic E-state index is -3.48. The lowest BCUT2D eigenvalue weighted by atomic mass is 10.1. The summed E-state index contributed by atoms with van der Waals surface area (Å²) < 4.78 is 32.0. The molecule has 28 heavy (non-hydrogen) atoms. The smallest absolute Gasteiger partial charge is 0.244 e. The maximum Gasteiger partial charge on any atom is 0.244 e. The van der Waals surface area contributed by atoms with Crippen LogP contribution in [0.4, 0.5) is 0 Å². The van der Waals surface area contributed by atoms with Crippen LogP contribution in [-0.2, 0) is 15.8 Å². The summed E-state index contributed by atoms with van der Waals surface area (Å²) in [5, 5.41) is 0.735. The van der Waals surface area contributed by atoms with Gasteiger partial charge in [-0.1, -0.05) is 43.3 Å². The molecular weight excluding hydrogens is 394 g/mol. The molecule has 0 spiro atoms. The predicted molar refractivity (Wildman–Crippen MR) is 111 cm³/mol. The van der Waals surface area contributed by atoms with Gasteiger partial charge in [-0.3, -0.25) is 0 Å². The maximum absolute atomic E-state index is 12.5. The number of thioether (sulfide) groups is 1. The summed E-state index contributed by atoms with van der Waals surface area (Å²) in [6.45, 7) is 6.55. The van der Waals surface area contributed by atoms with Crippen molar-refractivity contribution >= 4 is 21.8 Å². The number of pyridine rings is 1. The van der Waals surface area contributed by atoms with E-state index in [2.05, 4.69) is 9.97 Å². The number of oxazole rings is 1. The predicted octanol–water partition coefficient (Wildman–Crippen LogP) is 4.37. The average molecular weight is 418 g/mol. The fourth-order valence-corrected chi connectivity index (χ4v) is 4.79. The highest BCUT2D eigenvalue weighted by atomic mass is 32.2. The Hall–Kier alpha value is -2.16. The average Bonchev–Trinajstić information content (AvgIpc) is 3.17. The molecule has 0 fully saturated rings. The SMILES string of the molecule is CCN(CC)S(=O)(=O)c1ccc(SCc2coc(-c3ccc(C)cc3)n2)nc1. The van der Waals surface area contributed by atoms with Gasteiger partial charge in [0.25, 0.3) is 0 Å². The number of hydrogen-bond donors (Lipinski definition) is 0. The number of rotatable bonds is 8. The van der Waals surface area contributed by atoms with Crippen molar-refractivity contribution in [2.45, 2.75) is 36.4 Å². The Morgan fingerprint density at radius 3 is 2.39 bits per heavy atom. The Balaban J connectivity index is 1.65. The lowest BCUT2D eigenvalue weighted by Crippen LogP contribution is -2.30. The highest BCUT2D eigenvalue weighted by molar-refractivity contribution is 7.98. The molecule has 0 aliphatic carbocycles. The highest BCUT2D eigenvalue weighted by Crippen LogP contribution is 2.25. The van der Waals surface area contributed by atoms with Crippen LogP contribution in [0.15, 0.2) is 63.2 Å². The Labute approximate surface area is 170 Å². The van der Waals surface area contributed by atoms with Crippen molar-refractivity contribution in [1.82, 2.24) is 14.3 Å². The van der Waals surface area contributed by atoms with Crippen LogP contribution >= 0.6 is 11.8 Å². The number of sulfonamides is 1. The minimum Gasteiger partial charge on any atom is -0.444 e. The molecule has 0 bridgehead atoms. The molecule has 0 aliphatic heterocycles. The molecule has 6 nitrogen and oxygen atoms in total. The van der Waals surface area contributed by atoms with Crippen LogP contribution < -0.4 is 0 Å². The number of aromatic nitrogens is 2. The number of aryl methyl sites for hydroxylation is 1. The Morgan fingerprint density at radius 2 is 1.79 bits per heavy atom. The minimum absolute atomic E-state index is 0.212. The normalized spacial score (nSPS) is 11.9. The van der Waals surface area contributed by atoms with Gasteiger partial charge >= 0.3 is 0 Å². The summed E-state index contributed by atoms with van der Waals surface area (Å²) in [5.41, 5.74) is 2.93. The Kier molecular flexibility index (Phi) is 6.53. The number of nitrogens with zero attached hydrogens (tertiary/aromatic N) is 3. The van der Waals surface area contributed by atoms with Crippen LogP contribution in [0.3, 0.4) is 0 Å². The van der Waals surface area contributed by atoms with Crippen molar-refractivity contribution in [2.75, 3.05) is 13.1 Å². The van der Waals surface area contributed by atoms with Crippen LogP contribution in [0.25, 0.3) is 11.5 Å². The number of benzene rings is 1. The van der Waals surface area contributed by atoms with Gasteiger partial charge in [0.15, 0.2) is 0 Å². The van der Waals surface area contributed by atoms with Gasteiger partial charge in [0.1, 0.15) is 11.2 Å². The summed E-state index contributed by atoms with van der Waals surface area (Å²) in [6.07, 6.45) is 3.05. The Bertz CT molecular complexity index is 1010. The van der Waals surface area contributed by atoms with Crippen LogP contribution in [-0.4, -0.2) is 35.8 Å². The van der Waals surface area contributed by atoms with Crippen LogP contribution in [0.2, 0.25) is 0 Å². The first-order chi connectivity index (χ1) is 13.4. The highest BCUT2D eigenvalue weighted by Gasteiger charge is 2.21. The third-order valence-corrected chi connectivity index (χ3v) is 7.28. The summed E-state index contributed by atoms with van der Waals surface area (Å²) in [7, 11) is -3.48. The second-order valence-electron chi connectivity index (χ2n) is 6.22. The van der Waals surface area contributed by atoms with Gasteiger partial charge in [-0.2, -0.15) is 4.31 Å². The molecular formula is C20H23N3O3S2. The van der Waals surface area contributed by atoms with Crippen molar-refractivity contribution in [3.8, 4) is 11.5 Å². The summed E-state index contributed by atoms with van der Waals surface area (Å²) >= 11 is 1.48. The molecule has 3 aromatic rings. The van der Waals surface area contributed by atoms with Crippen LogP contribution in [0.1, 0.15) is 25.1 Å². The quantitative estimate of drug-likeness (QED) is 0.507. The summed E-state index contributed by atoms with van der Waals surface area (Å²) in [5.74, 6) is 1.18. The van der Waals surface area contributed by atoms with E-state index < -0.39 is 10.0 Å². The lowest BCUT2D eigenvalue weighted by Gasteiger charge is -2.18. The molecule has 0 radical (unpaired) electrons. The molecule has 0 N–H and O–H groups in total. The molecule has 0 atom stereocenters. The summed E-state index contributed by atoms with van der Waals surface area (Å²) in [6, 6.07) is 11.3. The number of hydrogen-bond acceptors (Lipinski definition) is 6. The van der Waals surface area contributed by atoms with Crippen molar-refractivity contribution in [3.05, 3.63) is 60.1 Å². The topological polar surface area (TPSA) is 76.3 Å². The third-order valence-electron chi connectivity index (χ3n) is 4.27. The van der Waals surface area contributed by atoms with E-state index in [1.807, 2.05) is 45.0 Å². The molecule has 2 heterocycles. The van der Waals surface area contributed by atoms with Gasteiger partial charge in [0.2, 0.25) is 15.9 Å². The molecule has 3 rings (SSSR count). The monoisotopic (exact) mass is 417 g/mol. The van der Waals surface area contributed by atoms with Gasteiger partial charge in [-0.05, 0) is 31.2 Å². The lowest BCUT2D eigenvalue weighted by molar-refractivity contribution is 0.445. The first-order valence-electron chi connectivity index (χ1n) is 9.04. The van der Waals surface area contributed by atoms with Crippen molar-refractivity contribution in [3.63, 3.8) is 0 Å². The largest absolute Gasteiger partial charge is 0.444 e. The Morgan fingerprint density at radius 1 is 1.07 bits per heavy atom. The zero-order chi connectivity index (χ0) is 20.1. The van der Waals surface area contributed by atoms with E-state index in [0.717, 1.165) is 16.3 Å². The van der Waals surface area contributed by atoms with Crippen molar-refractivity contribution in [1.29, 1.82) is 0 Å². The van der Waals surface area contributed by atoms with Crippen molar-refractivity contribution < 1.29 is 12.8 Å². The van der Waals surface area contributed by atoms with Gasteiger partial charge in [0, 0.05) is 30.6 Å². The maximum atomic E-state index is 12.5. The van der Waals surface area contributed by atoms with E-state index >= 15 is 0 Å². The second kappa shape index (κ2) is 8.89. The third kappa shape index (κ3) is 4.63. The fourth-order valence-electron chi connectivity index (χ4n) is 2.67. The zero-order valence-corrected chi connectivity index (χ0v) is 17.8. The molecule has 0 unspecified atom stereocenters. The fraction of sp³-hybridized carbons (Fsp3) is 0.300. The molecule has 8 heteroatoms. The van der Waals surface area contributed by atoms with Crippen LogP contribution in [0, 0.1) is 6.92 Å². The zero-order valence-electron chi connectivity index (χ0n) is 16.1. The van der Waals surface area contributed by atoms with E-state index in [9.17, 15) is 8.42 Å².